The van der Waals surface area contributed by atoms with Gasteiger partial charge in [-0.1, -0.05) is 13.8 Å². The molecule has 0 saturated carbocycles. The van der Waals surface area contributed by atoms with Gasteiger partial charge in [-0.3, -0.25) is 9.59 Å². The molecule has 35 heavy (non-hydrogen) atoms. The second kappa shape index (κ2) is 15.6. The molecular weight excluding hydrogens is 530 g/mol. The Morgan fingerprint density at radius 3 is 0.971 bits per heavy atom. The summed E-state index contributed by atoms with van der Waals surface area (Å²) in [6, 6.07) is 0. The number of carbonyl (C=O) groups excluding carboxylic acids is 4. The molecule has 0 aromatic rings. The number of hydrogen-bond acceptors (Lipinski definition) is 8. The van der Waals surface area contributed by atoms with E-state index in [9.17, 15) is 55.7 Å². The first-order valence-corrected chi connectivity index (χ1v) is 11.4. The van der Waals surface area contributed by atoms with E-state index in [2.05, 4.69) is 0 Å². The van der Waals surface area contributed by atoms with Crippen molar-refractivity contribution in [2.75, 3.05) is 0 Å². The molecule has 0 aliphatic rings. The van der Waals surface area contributed by atoms with Crippen LogP contribution < -0.4 is 10.2 Å². The van der Waals surface area contributed by atoms with Crippen LogP contribution in [0, 0.1) is 10.8 Å². The van der Waals surface area contributed by atoms with Crippen LogP contribution in [0.5, 0.6) is 0 Å². The van der Waals surface area contributed by atoms with Crippen molar-refractivity contribution >= 4 is 23.5 Å². The molecule has 0 aliphatic heterocycles. The van der Waals surface area contributed by atoms with E-state index >= 15 is 0 Å². The molecule has 0 heterocycles. The summed E-state index contributed by atoms with van der Waals surface area (Å²) in [6.07, 6.45) is -11.3. The number of aliphatic carboxylic acids is 2. The Kier molecular flexibility index (Phi) is 16.9. The fraction of sp³-hybridized carbons (Fsp3) is 0.800. The van der Waals surface area contributed by atoms with Gasteiger partial charge in [0, 0.05) is 0 Å². The summed E-state index contributed by atoms with van der Waals surface area (Å²) in [5.74, 6) is -7.70. The quantitative estimate of drug-likeness (QED) is 0.226. The van der Waals surface area contributed by atoms with Crippen LogP contribution in [0.15, 0.2) is 0 Å². The van der Waals surface area contributed by atoms with Crippen LogP contribution in [-0.2, 0) is 45.7 Å². The van der Waals surface area contributed by atoms with Gasteiger partial charge in [0.1, 0.15) is 0 Å². The smallest absolute Gasteiger partial charge is 0.406 e. The predicted molar refractivity (Wildman–Crippen MR) is 101 cm³/mol. The number of carboxylic acids is 2. The zero-order valence-electron chi connectivity index (χ0n) is 20.6. The maximum absolute atomic E-state index is 12.2. The molecule has 0 N–H and O–H groups in total. The fourth-order valence-electron chi connectivity index (χ4n) is 2.33. The number of Topliss-reactive ketones (excluding diaryl/α,β-unsaturated/α-hetero) is 2. The fourth-order valence-corrected chi connectivity index (χ4v) is 3.01. The molecule has 2 atom stereocenters. The third kappa shape index (κ3) is 11.0. The number of carboxylic acid groups (broad SMARTS) is 2. The summed E-state index contributed by atoms with van der Waals surface area (Å²) >= 11 is -0.574. The summed E-state index contributed by atoms with van der Waals surface area (Å²) < 4.78 is 83.9. The third-order valence-electron chi connectivity index (χ3n) is 4.50. The maximum Gasteiger partial charge on any atom is 0.406 e. The number of carbonyl (C=O) groups is 4. The Balaban J connectivity index is -0.000000448. The number of halogens is 6. The normalized spacial score (nSPS) is 14.9. The van der Waals surface area contributed by atoms with E-state index in [1.54, 1.807) is 0 Å². The molecule has 0 aliphatic carbocycles. The summed E-state index contributed by atoms with van der Waals surface area (Å²) in [4.78, 5) is 41.9. The van der Waals surface area contributed by atoms with Crippen LogP contribution >= 0.6 is 0 Å². The molecule has 15 heteroatoms. The van der Waals surface area contributed by atoms with Crippen LogP contribution in [0.2, 0.25) is 0 Å². The minimum Gasteiger partial charge on any atom is -0.549 e. The van der Waals surface area contributed by atoms with Gasteiger partial charge in [0.15, 0.2) is 22.4 Å². The van der Waals surface area contributed by atoms with E-state index < -0.39 is 79.5 Å². The second-order valence-corrected chi connectivity index (χ2v) is 8.61. The second-order valence-electron chi connectivity index (χ2n) is 7.62. The Bertz CT molecular complexity index is 619. The van der Waals surface area contributed by atoms with Gasteiger partial charge in [-0.25, -0.2) is 0 Å². The molecule has 2 unspecified atom stereocenters. The molecule has 0 aromatic carbocycles. The van der Waals surface area contributed by atoms with Crippen LogP contribution in [0.3, 0.4) is 0 Å². The van der Waals surface area contributed by atoms with Gasteiger partial charge >= 0.3 is 78.8 Å². The van der Waals surface area contributed by atoms with E-state index in [1.165, 1.54) is 0 Å². The van der Waals surface area contributed by atoms with Gasteiger partial charge in [0.2, 0.25) is 0 Å². The van der Waals surface area contributed by atoms with E-state index in [0.717, 1.165) is 13.8 Å². The number of rotatable bonds is 10. The molecular formula is C20H30F6O8Ti. The minimum absolute atomic E-state index is 0.323. The molecule has 0 amide bonds. The first-order chi connectivity index (χ1) is 15.5. The zero-order valence-corrected chi connectivity index (χ0v) is 22.2. The van der Waals surface area contributed by atoms with Crippen molar-refractivity contribution < 1.29 is 82.3 Å². The van der Waals surface area contributed by atoms with Crippen molar-refractivity contribution in [3.8, 4) is 0 Å². The SMILES string of the molecule is CC(C)[O][Ti+2][O]C(C)C.CCC(C(C)=O)(C(=O)[O-])C(F)(F)F.CCC(C(C)=O)(C(=O)[O-])C(F)(F)F. The molecule has 0 rings (SSSR count). The molecule has 204 valence electrons. The molecule has 0 saturated heterocycles. The van der Waals surface area contributed by atoms with Crippen LogP contribution in [0.25, 0.3) is 0 Å². The number of ketones is 2. The van der Waals surface area contributed by atoms with Gasteiger partial charge in [-0.15, -0.1) is 0 Å². The zero-order chi connectivity index (χ0) is 29.0. The first-order valence-electron chi connectivity index (χ1n) is 10.2. The summed E-state index contributed by atoms with van der Waals surface area (Å²) in [6.45, 7) is 11.2. The van der Waals surface area contributed by atoms with Gasteiger partial charge in [0.05, 0.1) is 11.9 Å². The number of hydrogen-bond donors (Lipinski definition) is 0. The average Bonchev–Trinajstić information content (AvgIpc) is 2.60. The van der Waals surface area contributed by atoms with Crippen molar-refractivity contribution in [3.63, 3.8) is 0 Å². The molecule has 0 aromatic heterocycles. The molecule has 0 fully saturated rings. The minimum atomic E-state index is -5.10. The summed E-state index contributed by atoms with van der Waals surface area (Å²) in [7, 11) is 0. The molecule has 0 radical (unpaired) electrons. The third-order valence-corrected chi connectivity index (χ3v) is 6.27. The standard InChI is InChI=1S/2C7H9F3O3.2C3H7O.Ti/c2*1-3-6(4(2)11,5(12)13)7(8,9)10;2*1-3(2)4;/h2*3H2,1-2H3,(H,12,13);2*3H,1-2H3;/q;;2*-1;+4/p-2. The molecule has 0 bridgehead atoms. The van der Waals surface area contributed by atoms with Crippen molar-refractivity contribution in [2.45, 2.75) is 92.8 Å². The van der Waals surface area contributed by atoms with Crippen LogP contribution in [-0.4, -0.2) is 48.1 Å². The van der Waals surface area contributed by atoms with Crippen LogP contribution in [0.4, 0.5) is 26.3 Å². The van der Waals surface area contributed by atoms with Gasteiger partial charge in [0.25, 0.3) is 0 Å². The van der Waals surface area contributed by atoms with Gasteiger partial charge in [-0.2, -0.15) is 26.3 Å². The monoisotopic (exact) mass is 560 g/mol. The van der Waals surface area contributed by atoms with Crippen molar-refractivity contribution in [2.24, 2.45) is 10.8 Å². The van der Waals surface area contributed by atoms with E-state index in [0.29, 0.717) is 26.1 Å². The average molecular weight is 560 g/mol. The Morgan fingerprint density at radius 1 is 0.686 bits per heavy atom. The van der Waals surface area contributed by atoms with E-state index in [-0.39, 0.29) is 0 Å². The Morgan fingerprint density at radius 2 is 0.914 bits per heavy atom. The predicted octanol–water partition coefficient (Wildman–Crippen LogP) is 2.32. The summed E-state index contributed by atoms with van der Waals surface area (Å²) in [5.41, 5.74) is -6.71. The molecule has 0 spiro atoms. The Labute approximate surface area is 209 Å². The van der Waals surface area contributed by atoms with E-state index in [1.807, 2.05) is 27.7 Å². The van der Waals surface area contributed by atoms with Crippen LogP contribution in [0.1, 0.15) is 68.2 Å². The Hall–Kier alpha value is -1.51. The topological polar surface area (TPSA) is 133 Å². The van der Waals surface area contributed by atoms with Crippen molar-refractivity contribution in [1.82, 2.24) is 0 Å². The summed E-state index contributed by atoms with van der Waals surface area (Å²) in [5, 5.41) is 20.6. The largest absolute Gasteiger partial charge is 0.549 e. The maximum atomic E-state index is 12.2. The van der Waals surface area contributed by atoms with Crippen molar-refractivity contribution in [3.05, 3.63) is 0 Å². The molecule has 8 nitrogen and oxygen atoms in total. The number of alkyl halides is 6. The first kappa shape index (κ1) is 38.0. The van der Waals surface area contributed by atoms with Gasteiger partial charge < -0.3 is 19.8 Å². The van der Waals surface area contributed by atoms with Gasteiger partial charge in [-0.05, 0) is 26.7 Å². The van der Waals surface area contributed by atoms with E-state index in [4.69, 9.17) is 6.64 Å². The van der Waals surface area contributed by atoms with Crippen molar-refractivity contribution in [1.29, 1.82) is 0 Å².